The molecule has 0 saturated carbocycles. The van der Waals surface area contributed by atoms with Crippen LogP contribution in [0.25, 0.3) is 0 Å². The lowest BCUT2D eigenvalue weighted by Crippen LogP contribution is -1.97. The summed E-state index contributed by atoms with van der Waals surface area (Å²) in [7, 11) is 0. The van der Waals surface area contributed by atoms with E-state index in [1.165, 1.54) is 11.1 Å². The second-order valence-electron chi connectivity index (χ2n) is 3.86. The Morgan fingerprint density at radius 2 is 1.58 bits per heavy atom. The summed E-state index contributed by atoms with van der Waals surface area (Å²) in [5, 5.41) is 0. The van der Waals surface area contributed by atoms with E-state index in [4.69, 9.17) is 0 Å². The normalized spacial score (nSPS) is 11.2. The van der Waals surface area contributed by atoms with Gasteiger partial charge < -0.3 is 0 Å². The van der Waals surface area contributed by atoms with E-state index in [-0.39, 0.29) is 0 Å². The predicted octanol–water partition coefficient (Wildman–Crippen LogP) is 3.73. The van der Waals surface area contributed by atoms with E-state index in [9.17, 15) is 0 Å². The van der Waals surface area contributed by atoms with Gasteiger partial charge in [0.25, 0.3) is 0 Å². The Morgan fingerprint density at radius 3 is 2.00 bits per heavy atom. The molecule has 0 aliphatic heterocycles. The zero-order valence-corrected chi connectivity index (χ0v) is 8.39. The molecule has 0 aliphatic rings. The van der Waals surface area contributed by atoms with E-state index in [1.807, 2.05) is 6.07 Å². The lowest BCUT2D eigenvalue weighted by Gasteiger charge is -2.14. The summed E-state index contributed by atoms with van der Waals surface area (Å²) in [6.07, 6.45) is 0. The minimum Gasteiger partial charge on any atom is -0.0587 e. The van der Waals surface area contributed by atoms with Gasteiger partial charge in [0.05, 0.1) is 0 Å². The fourth-order valence-electron chi connectivity index (χ4n) is 1.48. The minimum absolute atomic E-state index is 0.611. The average Bonchev–Trinajstić information content (AvgIpc) is 2.04. The van der Waals surface area contributed by atoms with Gasteiger partial charge in [0, 0.05) is 0 Å². The Kier molecular flexibility index (Phi) is 2.91. The first-order chi connectivity index (χ1) is 5.63. The lowest BCUT2D eigenvalue weighted by molar-refractivity contribution is 0.790. The van der Waals surface area contributed by atoms with Gasteiger partial charge in [0.1, 0.15) is 0 Å². The van der Waals surface area contributed by atoms with Gasteiger partial charge in [-0.15, -0.1) is 0 Å². The number of benzene rings is 1. The zero-order valence-electron chi connectivity index (χ0n) is 8.39. The van der Waals surface area contributed by atoms with Crippen molar-refractivity contribution in [3.05, 3.63) is 35.4 Å². The molecule has 0 N–H and O–H groups in total. The Morgan fingerprint density at radius 1 is 1.00 bits per heavy atom. The van der Waals surface area contributed by atoms with Gasteiger partial charge >= 0.3 is 0 Å². The Bertz CT molecular complexity index is 219. The third-order valence-electron chi connectivity index (χ3n) is 2.18. The number of hydrogen-bond donors (Lipinski definition) is 0. The molecule has 0 fully saturated rings. The fourth-order valence-corrected chi connectivity index (χ4v) is 1.48. The average molecular weight is 161 g/mol. The van der Waals surface area contributed by atoms with Crippen molar-refractivity contribution < 1.29 is 0 Å². The van der Waals surface area contributed by atoms with Crippen molar-refractivity contribution in [2.75, 3.05) is 0 Å². The monoisotopic (exact) mass is 161 g/mol. The summed E-state index contributed by atoms with van der Waals surface area (Å²) in [6, 6.07) is 9.43. The molecule has 0 nitrogen and oxygen atoms in total. The minimum atomic E-state index is 0.611. The molecule has 65 valence electrons. The van der Waals surface area contributed by atoms with E-state index in [2.05, 4.69) is 45.9 Å². The maximum absolute atomic E-state index is 3.14. The predicted molar refractivity (Wildman–Crippen MR) is 53.5 cm³/mol. The molecule has 1 rings (SSSR count). The molecule has 1 radical (unpaired) electrons. The van der Waals surface area contributed by atoms with Crippen LogP contribution >= 0.6 is 0 Å². The summed E-state index contributed by atoms with van der Waals surface area (Å²) < 4.78 is 0. The van der Waals surface area contributed by atoms with Crippen LogP contribution in [0.3, 0.4) is 0 Å². The Hall–Kier alpha value is -0.780. The maximum atomic E-state index is 3.14. The maximum Gasteiger partial charge on any atom is -0.0181 e. The molecule has 1 aromatic carbocycles. The molecule has 0 spiro atoms. The van der Waals surface area contributed by atoms with E-state index in [0.29, 0.717) is 11.8 Å². The summed E-state index contributed by atoms with van der Waals surface area (Å²) in [4.78, 5) is 0. The van der Waals surface area contributed by atoms with Crippen molar-refractivity contribution in [1.29, 1.82) is 0 Å². The largest absolute Gasteiger partial charge is 0.0587 e. The molecule has 0 heteroatoms. The summed E-state index contributed by atoms with van der Waals surface area (Å²) in [5.74, 6) is 1.23. The van der Waals surface area contributed by atoms with Gasteiger partial charge in [0.2, 0.25) is 0 Å². The van der Waals surface area contributed by atoms with Crippen molar-refractivity contribution >= 4 is 0 Å². The third-order valence-corrected chi connectivity index (χ3v) is 2.18. The van der Waals surface area contributed by atoms with Crippen LogP contribution in [0, 0.1) is 6.07 Å². The molecule has 1 aromatic rings. The number of rotatable bonds is 2. The van der Waals surface area contributed by atoms with E-state index in [0.717, 1.165) is 0 Å². The molecule has 0 amide bonds. The standard InChI is InChI=1S/C12H17/c1-9(2)11-7-5-6-8-12(11)10(3)4/h5,7-10H,1-4H3. The van der Waals surface area contributed by atoms with Gasteiger partial charge in [-0.1, -0.05) is 45.9 Å². The van der Waals surface area contributed by atoms with Crippen LogP contribution in [0.15, 0.2) is 18.2 Å². The van der Waals surface area contributed by atoms with Crippen molar-refractivity contribution in [3.8, 4) is 0 Å². The molecule has 0 aromatic heterocycles. The molecule has 0 bridgehead atoms. The highest BCUT2D eigenvalue weighted by Gasteiger charge is 2.07. The second-order valence-corrected chi connectivity index (χ2v) is 3.86. The third kappa shape index (κ3) is 1.88. The van der Waals surface area contributed by atoms with E-state index >= 15 is 0 Å². The summed E-state index contributed by atoms with van der Waals surface area (Å²) in [6.45, 7) is 8.94. The summed E-state index contributed by atoms with van der Waals surface area (Å²) >= 11 is 0. The van der Waals surface area contributed by atoms with Crippen LogP contribution < -0.4 is 0 Å². The Balaban J connectivity index is 3.09. The molecule has 0 aliphatic carbocycles. The first-order valence-electron chi connectivity index (χ1n) is 4.62. The molecule has 0 unspecified atom stereocenters. The highest BCUT2D eigenvalue weighted by molar-refractivity contribution is 5.31. The van der Waals surface area contributed by atoms with Crippen molar-refractivity contribution in [3.63, 3.8) is 0 Å². The smallest absolute Gasteiger partial charge is 0.0181 e. The molecule has 0 heterocycles. The van der Waals surface area contributed by atoms with Crippen LogP contribution in [0.2, 0.25) is 0 Å². The van der Waals surface area contributed by atoms with Gasteiger partial charge in [-0.05, 0) is 29.0 Å². The van der Waals surface area contributed by atoms with Crippen molar-refractivity contribution in [2.45, 2.75) is 39.5 Å². The van der Waals surface area contributed by atoms with Crippen molar-refractivity contribution in [2.24, 2.45) is 0 Å². The van der Waals surface area contributed by atoms with Crippen LogP contribution in [0.1, 0.15) is 50.7 Å². The van der Waals surface area contributed by atoms with Crippen LogP contribution in [-0.2, 0) is 0 Å². The van der Waals surface area contributed by atoms with Crippen LogP contribution in [0.5, 0.6) is 0 Å². The quantitative estimate of drug-likeness (QED) is 0.620. The second kappa shape index (κ2) is 3.75. The van der Waals surface area contributed by atoms with Crippen LogP contribution in [0.4, 0.5) is 0 Å². The van der Waals surface area contributed by atoms with E-state index in [1.54, 1.807) is 0 Å². The topological polar surface area (TPSA) is 0 Å². The summed E-state index contributed by atoms with van der Waals surface area (Å²) in [5.41, 5.74) is 2.90. The van der Waals surface area contributed by atoms with Crippen molar-refractivity contribution in [1.82, 2.24) is 0 Å². The van der Waals surface area contributed by atoms with Gasteiger partial charge in [-0.25, -0.2) is 0 Å². The van der Waals surface area contributed by atoms with Gasteiger partial charge in [-0.3, -0.25) is 0 Å². The zero-order chi connectivity index (χ0) is 9.14. The highest BCUT2D eigenvalue weighted by atomic mass is 14.1. The highest BCUT2D eigenvalue weighted by Crippen LogP contribution is 2.24. The van der Waals surface area contributed by atoms with Gasteiger partial charge in [0.15, 0.2) is 0 Å². The molecular formula is C12H17. The molecule has 0 saturated heterocycles. The lowest BCUT2D eigenvalue weighted by atomic mass is 9.91. The van der Waals surface area contributed by atoms with Crippen LogP contribution in [-0.4, -0.2) is 0 Å². The molecule has 0 atom stereocenters. The molecular weight excluding hydrogens is 144 g/mol. The number of hydrogen-bond acceptors (Lipinski definition) is 0. The van der Waals surface area contributed by atoms with E-state index < -0.39 is 0 Å². The first-order valence-corrected chi connectivity index (χ1v) is 4.62. The first kappa shape index (κ1) is 9.31. The SMILES string of the molecule is CC(C)c1c[c]ccc1C(C)C. The molecule has 12 heavy (non-hydrogen) atoms. The van der Waals surface area contributed by atoms with Gasteiger partial charge in [-0.2, -0.15) is 0 Å². The Labute approximate surface area is 75.6 Å². The fraction of sp³-hybridized carbons (Fsp3) is 0.500.